The van der Waals surface area contributed by atoms with Crippen molar-refractivity contribution in [2.45, 2.75) is 19.9 Å². The molecule has 1 atom stereocenters. The number of hydrogen-bond acceptors (Lipinski definition) is 5. The normalized spacial score (nSPS) is 13.3. The number of rotatable bonds is 3. The smallest absolute Gasteiger partial charge is 0.244 e. The lowest BCUT2D eigenvalue weighted by atomic mass is 10.1. The van der Waals surface area contributed by atoms with Gasteiger partial charge in [0, 0.05) is 12.4 Å². The van der Waals surface area contributed by atoms with Crippen molar-refractivity contribution in [1.29, 1.82) is 0 Å². The molecule has 0 aliphatic rings. The average Bonchev–Trinajstić information content (AvgIpc) is 2.86. The molecule has 0 aliphatic heterocycles. The zero-order chi connectivity index (χ0) is 10.8. The summed E-state index contributed by atoms with van der Waals surface area (Å²) in [7, 11) is 0. The fourth-order valence-electron chi connectivity index (χ4n) is 1.14. The third kappa shape index (κ3) is 1.89. The maximum absolute atomic E-state index is 5.88. The van der Waals surface area contributed by atoms with Gasteiger partial charge in [-0.2, -0.15) is 4.98 Å². The van der Waals surface area contributed by atoms with E-state index < -0.39 is 0 Å². The molecule has 2 rings (SSSR count). The summed E-state index contributed by atoms with van der Waals surface area (Å²) in [4.78, 5) is 11.1. The molecule has 2 aromatic heterocycles. The summed E-state index contributed by atoms with van der Waals surface area (Å²) >= 11 is 0. The molecule has 0 saturated heterocycles. The fourth-order valence-corrected chi connectivity index (χ4v) is 1.14. The summed E-state index contributed by atoms with van der Waals surface area (Å²) in [6.45, 7) is 4.00. The molecule has 0 aliphatic carbocycles. The maximum atomic E-state index is 5.88. The van der Waals surface area contributed by atoms with Crippen LogP contribution in [0.25, 0.3) is 11.6 Å². The number of nitrogens with one attached hydrogen (secondary N) is 1. The standard InChI is InChI=1S/C9H13N5O/c1-5(2)6(10)9-13-8(14-15-9)7-11-3-4-12-7/h3-6H,10H2,1-2H3,(H,11,12). The van der Waals surface area contributed by atoms with Gasteiger partial charge in [-0.25, -0.2) is 4.98 Å². The Morgan fingerprint density at radius 1 is 1.47 bits per heavy atom. The lowest BCUT2D eigenvalue weighted by molar-refractivity contribution is 0.325. The largest absolute Gasteiger partial charge is 0.342 e. The van der Waals surface area contributed by atoms with Gasteiger partial charge in [-0.1, -0.05) is 19.0 Å². The highest BCUT2D eigenvalue weighted by atomic mass is 16.5. The predicted octanol–water partition coefficient (Wildman–Crippen LogP) is 1.12. The van der Waals surface area contributed by atoms with Gasteiger partial charge in [0.25, 0.3) is 0 Å². The van der Waals surface area contributed by atoms with Crippen molar-refractivity contribution in [3.8, 4) is 11.6 Å². The van der Waals surface area contributed by atoms with E-state index in [1.165, 1.54) is 0 Å². The second kappa shape index (κ2) is 3.82. The van der Waals surface area contributed by atoms with Crippen LogP contribution in [-0.2, 0) is 0 Å². The molecule has 0 amide bonds. The zero-order valence-corrected chi connectivity index (χ0v) is 8.64. The van der Waals surface area contributed by atoms with Crippen LogP contribution in [0.4, 0.5) is 0 Å². The molecule has 6 heteroatoms. The molecule has 80 valence electrons. The first-order valence-electron chi connectivity index (χ1n) is 4.77. The van der Waals surface area contributed by atoms with Gasteiger partial charge >= 0.3 is 0 Å². The van der Waals surface area contributed by atoms with Crippen LogP contribution in [0, 0.1) is 5.92 Å². The molecule has 0 aromatic carbocycles. The van der Waals surface area contributed by atoms with Crippen LogP contribution < -0.4 is 5.73 Å². The second-order valence-electron chi connectivity index (χ2n) is 3.66. The van der Waals surface area contributed by atoms with Crippen molar-refractivity contribution in [2.24, 2.45) is 11.7 Å². The van der Waals surface area contributed by atoms with Crippen LogP contribution in [0.15, 0.2) is 16.9 Å². The fraction of sp³-hybridized carbons (Fsp3) is 0.444. The van der Waals surface area contributed by atoms with E-state index in [1.54, 1.807) is 12.4 Å². The van der Waals surface area contributed by atoms with Crippen molar-refractivity contribution in [2.75, 3.05) is 0 Å². The summed E-state index contributed by atoms with van der Waals surface area (Å²) < 4.78 is 5.07. The Morgan fingerprint density at radius 3 is 2.87 bits per heavy atom. The molecule has 2 aromatic rings. The second-order valence-corrected chi connectivity index (χ2v) is 3.66. The zero-order valence-electron chi connectivity index (χ0n) is 8.64. The van der Waals surface area contributed by atoms with Gasteiger partial charge in [0.1, 0.15) is 0 Å². The number of hydrogen-bond donors (Lipinski definition) is 2. The summed E-state index contributed by atoms with van der Waals surface area (Å²) in [6.07, 6.45) is 3.33. The molecule has 2 heterocycles. The molecular formula is C9H13N5O. The Labute approximate surface area is 86.9 Å². The van der Waals surface area contributed by atoms with Gasteiger partial charge in [-0.15, -0.1) is 0 Å². The molecule has 1 unspecified atom stereocenters. The predicted molar refractivity (Wildman–Crippen MR) is 53.6 cm³/mol. The first kappa shape index (κ1) is 9.85. The molecule has 0 radical (unpaired) electrons. The highest BCUT2D eigenvalue weighted by Gasteiger charge is 2.19. The van der Waals surface area contributed by atoms with Crippen LogP contribution >= 0.6 is 0 Å². The summed E-state index contributed by atoms with van der Waals surface area (Å²) in [5.74, 6) is 1.72. The Morgan fingerprint density at radius 2 is 2.27 bits per heavy atom. The number of H-pyrrole nitrogens is 1. The Kier molecular flexibility index (Phi) is 2.51. The number of aromatic amines is 1. The number of imidazole rings is 1. The highest BCUT2D eigenvalue weighted by molar-refractivity contribution is 5.40. The van der Waals surface area contributed by atoms with Gasteiger partial charge in [-0.05, 0) is 5.92 Å². The molecule has 0 spiro atoms. The number of aromatic nitrogens is 4. The van der Waals surface area contributed by atoms with Crippen molar-refractivity contribution < 1.29 is 4.52 Å². The summed E-state index contributed by atoms with van der Waals surface area (Å²) in [5, 5.41) is 3.80. The first-order valence-corrected chi connectivity index (χ1v) is 4.77. The topological polar surface area (TPSA) is 93.6 Å². The summed E-state index contributed by atoms with van der Waals surface area (Å²) in [6, 6.07) is -0.235. The van der Waals surface area contributed by atoms with E-state index in [4.69, 9.17) is 10.3 Å². The minimum atomic E-state index is -0.235. The third-order valence-corrected chi connectivity index (χ3v) is 2.16. The van der Waals surface area contributed by atoms with E-state index in [0.29, 0.717) is 17.5 Å². The third-order valence-electron chi connectivity index (χ3n) is 2.16. The van der Waals surface area contributed by atoms with Crippen molar-refractivity contribution >= 4 is 0 Å². The quantitative estimate of drug-likeness (QED) is 0.786. The molecule has 0 fully saturated rings. The monoisotopic (exact) mass is 207 g/mol. The van der Waals surface area contributed by atoms with Crippen LogP contribution in [0.5, 0.6) is 0 Å². The van der Waals surface area contributed by atoms with E-state index in [9.17, 15) is 0 Å². The lowest BCUT2D eigenvalue weighted by Gasteiger charge is -2.08. The molecule has 6 nitrogen and oxygen atoms in total. The molecule has 0 saturated carbocycles. The van der Waals surface area contributed by atoms with E-state index in [-0.39, 0.29) is 12.0 Å². The molecule has 3 N–H and O–H groups in total. The first-order chi connectivity index (χ1) is 7.18. The van der Waals surface area contributed by atoms with Crippen LogP contribution in [0.3, 0.4) is 0 Å². The summed E-state index contributed by atoms with van der Waals surface area (Å²) in [5.41, 5.74) is 5.88. The van der Waals surface area contributed by atoms with E-state index >= 15 is 0 Å². The van der Waals surface area contributed by atoms with Gasteiger partial charge in [0.05, 0.1) is 6.04 Å². The van der Waals surface area contributed by atoms with E-state index in [1.807, 2.05) is 13.8 Å². The van der Waals surface area contributed by atoms with Crippen LogP contribution in [0.1, 0.15) is 25.8 Å². The van der Waals surface area contributed by atoms with Crippen molar-refractivity contribution in [1.82, 2.24) is 20.1 Å². The Bertz CT molecular complexity index is 419. The average molecular weight is 207 g/mol. The van der Waals surface area contributed by atoms with Crippen molar-refractivity contribution in [3.05, 3.63) is 18.3 Å². The van der Waals surface area contributed by atoms with E-state index in [2.05, 4.69) is 20.1 Å². The lowest BCUT2D eigenvalue weighted by Crippen LogP contribution is -2.16. The minimum Gasteiger partial charge on any atom is -0.342 e. The SMILES string of the molecule is CC(C)C(N)c1nc(-c2ncc[nH]2)no1. The van der Waals surface area contributed by atoms with Gasteiger partial charge in [0.15, 0.2) is 5.82 Å². The van der Waals surface area contributed by atoms with Crippen LogP contribution in [0.2, 0.25) is 0 Å². The molecular weight excluding hydrogens is 194 g/mol. The van der Waals surface area contributed by atoms with Crippen molar-refractivity contribution in [3.63, 3.8) is 0 Å². The molecule has 15 heavy (non-hydrogen) atoms. The van der Waals surface area contributed by atoms with Crippen LogP contribution in [-0.4, -0.2) is 20.1 Å². The van der Waals surface area contributed by atoms with E-state index in [0.717, 1.165) is 0 Å². The molecule has 0 bridgehead atoms. The Hall–Kier alpha value is -1.69. The maximum Gasteiger partial charge on any atom is 0.244 e. The minimum absolute atomic E-state index is 0.235. The van der Waals surface area contributed by atoms with Gasteiger partial charge < -0.3 is 15.2 Å². The number of nitrogens with zero attached hydrogens (tertiary/aromatic N) is 3. The number of nitrogens with two attached hydrogens (primary N) is 1. The van der Waals surface area contributed by atoms with Gasteiger partial charge in [0.2, 0.25) is 11.7 Å². The van der Waals surface area contributed by atoms with Gasteiger partial charge in [-0.3, -0.25) is 0 Å². The Balaban J connectivity index is 2.25. The highest BCUT2D eigenvalue weighted by Crippen LogP contribution is 2.19.